The third-order valence-electron chi connectivity index (χ3n) is 5.81. The predicted molar refractivity (Wildman–Crippen MR) is 124 cm³/mol. The van der Waals surface area contributed by atoms with Gasteiger partial charge in [-0.25, -0.2) is 4.68 Å². The molecule has 168 valence electrons. The molecule has 8 heteroatoms. The van der Waals surface area contributed by atoms with Gasteiger partial charge in [-0.2, -0.15) is 0 Å². The number of carbonyl (C=O) groups excluding carboxylic acids is 1. The van der Waals surface area contributed by atoms with E-state index in [1.54, 1.807) is 11.8 Å². The molecule has 7 nitrogen and oxygen atoms in total. The molecular weight excluding hydrogens is 424 g/mol. The predicted octanol–water partition coefficient (Wildman–Crippen LogP) is 3.97. The van der Waals surface area contributed by atoms with Crippen molar-refractivity contribution in [3.05, 3.63) is 75.9 Å². The molecule has 1 fully saturated rings. The first-order valence-corrected chi connectivity index (χ1v) is 11.2. The number of rotatable bonds is 7. The Balaban J connectivity index is 1.29. The van der Waals surface area contributed by atoms with E-state index in [1.807, 2.05) is 55.5 Å². The van der Waals surface area contributed by atoms with Crippen LogP contribution in [-0.4, -0.2) is 46.8 Å². The van der Waals surface area contributed by atoms with Gasteiger partial charge >= 0.3 is 0 Å². The first-order valence-electron chi connectivity index (χ1n) is 10.8. The quantitative estimate of drug-likeness (QED) is 0.547. The summed E-state index contributed by atoms with van der Waals surface area (Å²) in [5, 5.41) is 7.74. The molecular formula is C24H28N4O3S. The van der Waals surface area contributed by atoms with Crippen LogP contribution in [0.25, 0.3) is 0 Å². The van der Waals surface area contributed by atoms with Gasteiger partial charge in [-0.15, -0.1) is 5.10 Å². The van der Waals surface area contributed by atoms with Crippen molar-refractivity contribution >= 4 is 18.1 Å². The van der Waals surface area contributed by atoms with Crippen LogP contribution in [0.2, 0.25) is 0 Å². The molecule has 1 aliphatic heterocycles. The average Bonchev–Trinajstić information content (AvgIpc) is 3.14. The number of benzene rings is 2. The molecule has 1 amide bonds. The highest BCUT2D eigenvalue weighted by atomic mass is 32.1. The van der Waals surface area contributed by atoms with Crippen LogP contribution in [0.5, 0.6) is 5.75 Å². The third kappa shape index (κ3) is 5.44. The molecule has 32 heavy (non-hydrogen) atoms. The lowest BCUT2D eigenvalue weighted by Gasteiger charge is -2.32. The molecule has 1 saturated heterocycles. The summed E-state index contributed by atoms with van der Waals surface area (Å²) in [7, 11) is 1.65. The van der Waals surface area contributed by atoms with Gasteiger partial charge in [0.1, 0.15) is 5.75 Å². The number of hydrogen-bond donors (Lipinski definition) is 1. The van der Waals surface area contributed by atoms with Crippen molar-refractivity contribution in [2.75, 3.05) is 20.2 Å². The molecule has 3 aromatic rings. The van der Waals surface area contributed by atoms with E-state index in [0.29, 0.717) is 23.8 Å². The number of likely N-dealkylation sites (tertiary alicyclic amines) is 1. The fourth-order valence-corrected chi connectivity index (χ4v) is 4.12. The van der Waals surface area contributed by atoms with Gasteiger partial charge in [0.15, 0.2) is 0 Å². The largest absolute Gasteiger partial charge is 0.497 e. The van der Waals surface area contributed by atoms with Crippen molar-refractivity contribution in [1.29, 1.82) is 0 Å². The number of amides is 1. The normalized spacial score (nSPS) is 14.9. The van der Waals surface area contributed by atoms with Gasteiger partial charge in [0.2, 0.25) is 5.89 Å². The zero-order valence-electron chi connectivity index (χ0n) is 18.4. The van der Waals surface area contributed by atoms with Gasteiger partial charge in [0.25, 0.3) is 10.7 Å². The number of hydrogen-bond acceptors (Lipinski definition) is 6. The second-order valence-electron chi connectivity index (χ2n) is 8.11. The third-order valence-corrected chi connectivity index (χ3v) is 6.10. The summed E-state index contributed by atoms with van der Waals surface area (Å²) >= 11 is 5.37. The number of piperidine rings is 1. The van der Waals surface area contributed by atoms with Crippen LogP contribution in [0.15, 0.2) is 52.9 Å². The molecule has 0 saturated carbocycles. The van der Waals surface area contributed by atoms with Gasteiger partial charge < -0.3 is 14.5 Å². The molecule has 1 aromatic heterocycles. The number of carbonyl (C=O) groups is 1. The van der Waals surface area contributed by atoms with Gasteiger partial charge in [0.05, 0.1) is 20.2 Å². The van der Waals surface area contributed by atoms with Crippen molar-refractivity contribution < 1.29 is 13.9 Å². The Morgan fingerprint density at radius 1 is 1.19 bits per heavy atom. The van der Waals surface area contributed by atoms with E-state index in [2.05, 4.69) is 15.3 Å². The minimum Gasteiger partial charge on any atom is -0.497 e. The lowest BCUT2D eigenvalue weighted by atomic mass is 10.0. The molecule has 0 radical (unpaired) electrons. The zero-order chi connectivity index (χ0) is 22.5. The maximum Gasteiger partial charge on any atom is 0.288 e. The molecule has 0 aliphatic carbocycles. The maximum atomic E-state index is 12.6. The summed E-state index contributed by atoms with van der Waals surface area (Å²) < 4.78 is 12.6. The van der Waals surface area contributed by atoms with Crippen LogP contribution in [-0.2, 0) is 13.1 Å². The zero-order valence-corrected chi connectivity index (χ0v) is 19.2. The molecule has 1 aliphatic rings. The highest BCUT2D eigenvalue weighted by Gasteiger charge is 2.22. The molecule has 0 atom stereocenters. The van der Waals surface area contributed by atoms with Crippen LogP contribution in [0, 0.1) is 11.8 Å². The summed E-state index contributed by atoms with van der Waals surface area (Å²) in [5.74, 6) is 1.42. The Bertz CT molecular complexity index is 1110. The Kier molecular flexibility index (Phi) is 7.02. The Morgan fingerprint density at radius 3 is 2.59 bits per heavy atom. The monoisotopic (exact) mass is 452 g/mol. The fourth-order valence-electron chi connectivity index (χ4n) is 3.93. The van der Waals surface area contributed by atoms with Crippen LogP contribution >= 0.6 is 12.2 Å². The first-order chi connectivity index (χ1) is 15.5. The number of aromatic nitrogens is 2. The summed E-state index contributed by atoms with van der Waals surface area (Å²) in [6.07, 6.45) is 2.36. The highest BCUT2D eigenvalue weighted by Crippen LogP contribution is 2.16. The summed E-state index contributed by atoms with van der Waals surface area (Å²) in [5.41, 5.74) is 2.82. The highest BCUT2D eigenvalue weighted by molar-refractivity contribution is 7.71. The van der Waals surface area contributed by atoms with Crippen molar-refractivity contribution in [2.24, 2.45) is 0 Å². The number of aryl methyl sites for hydroxylation is 1. The minimum absolute atomic E-state index is 0.00319. The van der Waals surface area contributed by atoms with Crippen LogP contribution in [0.4, 0.5) is 0 Å². The lowest BCUT2D eigenvalue weighted by molar-refractivity contribution is 0.0894. The van der Waals surface area contributed by atoms with E-state index in [0.717, 1.165) is 48.4 Å². The molecule has 0 bridgehead atoms. The summed E-state index contributed by atoms with van der Waals surface area (Å²) in [6.45, 7) is 4.27. The summed E-state index contributed by atoms with van der Waals surface area (Å²) in [4.78, 5) is 15.2. The smallest absolute Gasteiger partial charge is 0.288 e. The van der Waals surface area contributed by atoms with E-state index >= 15 is 0 Å². The topological polar surface area (TPSA) is 72.5 Å². The SMILES string of the molecule is COc1ccc(Cc2nn(CN3CCC(NC(=O)c4ccccc4C)CC3)c(=S)o2)cc1. The van der Waals surface area contributed by atoms with Crippen molar-refractivity contribution in [2.45, 2.75) is 38.9 Å². The van der Waals surface area contributed by atoms with Crippen molar-refractivity contribution in [3.8, 4) is 5.75 Å². The lowest BCUT2D eigenvalue weighted by Crippen LogP contribution is -2.45. The van der Waals surface area contributed by atoms with E-state index in [9.17, 15) is 4.79 Å². The first kappa shape index (κ1) is 22.2. The Labute approximate surface area is 193 Å². The van der Waals surface area contributed by atoms with Gasteiger partial charge in [0, 0.05) is 24.7 Å². The van der Waals surface area contributed by atoms with Gasteiger partial charge in [-0.3, -0.25) is 9.69 Å². The van der Waals surface area contributed by atoms with E-state index in [-0.39, 0.29) is 11.9 Å². The number of methoxy groups -OCH3 is 1. The van der Waals surface area contributed by atoms with Gasteiger partial charge in [-0.1, -0.05) is 30.3 Å². The number of nitrogens with zero attached hydrogens (tertiary/aromatic N) is 3. The Hall–Kier alpha value is -2.97. The van der Waals surface area contributed by atoms with E-state index < -0.39 is 0 Å². The number of nitrogens with one attached hydrogen (secondary N) is 1. The molecule has 0 spiro atoms. The molecule has 0 unspecified atom stereocenters. The number of ether oxygens (including phenoxy) is 1. The van der Waals surface area contributed by atoms with Crippen LogP contribution < -0.4 is 10.1 Å². The van der Waals surface area contributed by atoms with Gasteiger partial charge in [-0.05, 0) is 61.3 Å². The second-order valence-corrected chi connectivity index (χ2v) is 8.46. The molecule has 2 heterocycles. The standard InChI is InChI=1S/C24H28N4O3S/c1-17-5-3-4-6-21(17)23(29)25-19-11-13-27(14-12-19)16-28-24(32)31-22(26-28)15-18-7-9-20(30-2)10-8-18/h3-10,19H,11-16H2,1-2H3,(H,25,29). The van der Waals surface area contributed by atoms with Crippen molar-refractivity contribution in [1.82, 2.24) is 20.0 Å². The molecule has 4 rings (SSSR count). The van der Waals surface area contributed by atoms with Crippen LogP contribution in [0.3, 0.4) is 0 Å². The average molecular weight is 453 g/mol. The van der Waals surface area contributed by atoms with E-state index in [1.165, 1.54) is 0 Å². The minimum atomic E-state index is 0.00319. The van der Waals surface area contributed by atoms with E-state index in [4.69, 9.17) is 21.4 Å². The molecule has 1 N–H and O–H groups in total. The summed E-state index contributed by atoms with van der Waals surface area (Å²) in [6, 6.07) is 15.7. The Morgan fingerprint density at radius 2 is 1.91 bits per heavy atom. The van der Waals surface area contributed by atoms with Crippen LogP contribution in [0.1, 0.15) is 40.2 Å². The fraction of sp³-hybridized carbons (Fsp3) is 0.375. The maximum absolute atomic E-state index is 12.6. The molecule has 2 aromatic carbocycles. The van der Waals surface area contributed by atoms with Crippen molar-refractivity contribution in [3.63, 3.8) is 0 Å². The second kappa shape index (κ2) is 10.1.